The van der Waals surface area contributed by atoms with E-state index in [4.69, 9.17) is 14.7 Å². The Morgan fingerprint density at radius 3 is 2.28 bits per heavy atom. The van der Waals surface area contributed by atoms with Crippen molar-refractivity contribution in [1.82, 2.24) is 15.3 Å². The van der Waals surface area contributed by atoms with Gasteiger partial charge in [-0.25, -0.2) is 14.8 Å². The minimum atomic E-state index is -0.647. The zero-order valence-corrected chi connectivity index (χ0v) is 29.7. The van der Waals surface area contributed by atoms with Crippen LogP contribution in [0, 0.1) is 44.8 Å². The number of ether oxygens (including phenoxy) is 1. The summed E-state index contributed by atoms with van der Waals surface area (Å²) in [4.78, 5) is 37.2. The number of methoxy groups -OCH3 is 1. The first-order valence-electron chi connectivity index (χ1n) is 17.9. The Kier molecular flexibility index (Phi) is 7.00. The average molecular weight is 626 g/mol. The number of hydrogen-bond acceptors (Lipinski definition) is 5. The largest absolute Gasteiger partial charge is 0.467 e. The van der Waals surface area contributed by atoms with Gasteiger partial charge in [-0.15, -0.1) is 0 Å². The van der Waals surface area contributed by atoms with Gasteiger partial charge in [-0.05, 0) is 116 Å². The molecule has 8 atom stereocenters. The lowest BCUT2D eigenvalue weighted by molar-refractivity contribution is -0.169. The van der Waals surface area contributed by atoms with E-state index in [-0.39, 0.29) is 44.9 Å². The van der Waals surface area contributed by atoms with Crippen molar-refractivity contribution in [2.24, 2.45) is 44.8 Å². The summed E-state index contributed by atoms with van der Waals surface area (Å²) in [6.45, 7) is 19.1. The van der Waals surface area contributed by atoms with Crippen molar-refractivity contribution in [2.75, 3.05) is 7.11 Å². The third kappa shape index (κ3) is 4.19. The predicted octanol–water partition coefficient (Wildman–Crippen LogP) is 8.12. The molecule has 0 unspecified atom stereocenters. The second-order valence-corrected chi connectivity index (χ2v) is 18.0. The third-order valence-electron chi connectivity index (χ3n) is 14.9. The predicted molar refractivity (Wildman–Crippen MR) is 182 cm³/mol. The molecule has 248 valence electrons. The Morgan fingerprint density at radius 1 is 0.913 bits per heavy atom. The number of amides is 1. The fourth-order valence-electron chi connectivity index (χ4n) is 12.2. The minimum absolute atomic E-state index is 0.0131. The van der Waals surface area contributed by atoms with Crippen molar-refractivity contribution in [3.8, 4) is 0 Å². The lowest BCUT2D eigenvalue weighted by Gasteiger charge is -2.70. The van der Waals surface area contributed by atoms with Crippen molar-refractivity contribution in [1.29, 1.82) is 0 Å². The molecule has 5 aliphatic rings. The van der Waals surface area contributed by atoms with Gasteiger partial charge in [0.05, 0.1) is 34.9 Å². The van der Waals surface area contributed by atoms with Crippen LogP contribution in [0.3, 0.4) is 0 Å². The molecular formula is C40H55N3O3. The molecule has 0 radical (unpaired) electrons. The summed E-state index contributed by atoms with van der Waals surface area (Å²) in [6.07, 6.45) is 11.8. The molecule has 1 N–H and O–H groups in total. The number of nitrogens with zero attached hydrogens (tertiary/aromatic N) is 2. The van der Waals surface area contributed by atoms with Crippen molar-refractivity contribution in [2.45, 2.75) is 125 Å². The standard InChI is InChI=1S/C40H55N3O3/c1-24(33(44)46-9)41-34(45)40-20-18-35(2,3)22-26(40)25-14-15-31-37(6)23-29-32(43-28-13-11-10-12-27(28)42-29)36(4,5)30(37)16-17-39(31,8)38(25,7)19-21-40/h10-14,24,26,30-31H,15-23H2,1-9H3,(H,41,45)/t24-,26-,30-,31+,37-,38+,39+,40-/m0/s1. The van der Waals surface area contributed by atoms with Crippen LogP contribution >= 0.6 is 0 Å². The minimum Gasteiger partial charge on any atom is -0.467 e. The Bertz CT molecular complexity index is 1640. The van der Waals surface area contributed by atoms with Crippen LogP contribution in [0.5, 0.6) is 0 Å². The van der Waals surface area contributed by atoms with Crippen molar-refractivity contribution in [3.05, 3.63) is 47.3 Å². The number of fused-ring (bicyclic) bond motifs is 9. The number of carbonyl (C=O) groups excluding carboxylic acids is 2. The van der Waals surface area contributed by atoms with Gasteiger partial charge in [-0.3, -0.25) is 4.79 Å². The van der Waals surface area contributed by atoms with Crippen molar-refractivity contribution >= 4 is 22.9 Å². The first kappa shape index (κ1) is 31.8. The van der Waals surface area contributed by atoms with E-state index < -0.39 is 11.5 Å². The van der Waals surface area contributed by atoms with Crippen LogP contribution in [0.4, 0.5) is 0 Å². The number of hydrogen-bond donors (Lipinski definition) is 1. The first-order chi connectivity index (χ1) is 21.5. The van der Waals surface area contributed by atoms with Crippen molar-refractivity contribution in [3.63, 3.8) is 0 Å². The highest BCUT2D eigenvalue weighted by Crippen LogP contribution is 2.75. The fourth-order valence-corrected chi connectivity index (χ4v) is 12.2. The van der Waals surface area contributed by atoms with Gasteiger partial charge in [0, 0.05) is 5.41 Å². The molecule has 0 bridgehead atoms. The number of benzene rings is 1. The number of allylic oxidation sites excluding steroid dienone is 2. The van der Waals surface area contributed by atoms with Crippen molar-refractivity contribution < 1.29 is 14.3 Å². The van der Waals surface area contributed by atoms with Crippen LogP contribution in [-0.2, 0) is 26.2 Å². The molecule has 1 aromatic carbocycles. The maximum Gasteiger partial charge on any atom is 0.328 e. The molecule has 0 spiro atoms. The molecule has 6 nitrogen and oxygen atoms in total. The van der Waals surface area contributed by atoms with Gasteiger partial charge in [0.25, 0.3) is 0 Å². The summed E-state index contributed by atoms with van der Waals surface area (Å²) >= 11 is 0. The lowest BCUT2D eigenvalue weighted by Crippen LogP contribution is -2.65. The molecule has 2 aromatic rings. The maximum atomic E-state index is 14.3. The van der Waals surface area contributed by atoms with Gasteiger partial charge in [0.1, 0.15) is 6.04 Å². The summed E-state index contributed by atoms with van der Waals surface area (Å²) in [7, 11) is 1.39. The Labute approximate surface area is 275 Å². The second-order valence-electron chi connectivity index (χ2n) is 18.0. The van der Waals surface area contributed by atoms with Gasteiger partial charge in [0.2, 0.25) is 5.91 Å². The van der Waals surface area contributed by atoms with E-state index in [2.05, 4.69) is 84.1 Å². The van der Waals surface area contributed by atoms with Crippen LogP contribution in [0.1, 0.15) is 118 Å². The quantitative estimate of drug-likeness (QED) is 0.275. The molecule has 5 aliphatic carbocycles. The Morgan fingerprint density at radius 2 is 1.59 bits per heavy atom. The second kappa shape index (κ2) is 10.1. The van der Waals surface area contributed by atoms with Gasteiger partial charge in [0.15, 0.2) is 0 Å². The van der Waals surface area contributed by atoms with E-state index in [1.54, 1.807) is 6.92 Å². The number of nitrogens with one attached hydrogen (secondary N) is 1. The van der Waals surface area contributed by atoms with Crippen LogP contribution in [0.25, 0.3) is 11.0 Å². The molecule has 0 aliphatic heterocycles. The normalized spacial score (nSPS) is 39.3. The molecule has 6 heteroatoms. The fraction of sp³-hybridized carbons (Fsp3) is 0.700. The molecule has 1 heterocycles. The molecule has 46 heavy (non-hydrogen) atoms. The molecule has 3 fully saturated rings. The topological polar surface area (TPSA) is 81.2 Å². The van der Waals surface area contributed by atoms with E-state index in [0.717, 1.165) is 56.0 Å². The Hall–Kier alpha value is -2.76. The highest BCUT2D eigenvalue weighted by molar-refractivity contribution is 5.88. The highest BCUT2D eigenvalue weighted by Gasteiger charge is 2.69. The van der Waals surface area contributed by atoms with E-state index in [9.17, 15) is 9.59 Å². The number of carbonyl (C=O) groups is 2. The highest BCUT2D eigenvalue weighted by atomic mass is 16.5. The van der Waals surface area contributed by atoms with E-state index in [1.807, 2.05) is 0 Å². The van der Waals surface area contributed by atoms with Gasteiger partial charge < -0.3 is 10.1 Å². The molecule has 7 rings (SSSR count). The van der Waals surface area contributed by atoms with Gasteiger partial charge in [-0.1, -0.05) is 72.2 Å². The van der Waals surface area contributed by atoms with Crippen LogP contribution in [-0.4, -0.2) is 35.0 Å². The van der Waals surface area contributed by atoms with Crippen LogP contribution < -0.4 is 5.32 Å². The Balaban J connectivity index is 1.30. The number of rotatable bonds is 3. The van der Waals surface area contributed by atoms with Crippen LogP contribution in [0.15, 0.2) is 35.9 Å². The summed E-state index contributed by atoms with van der Waals surface area (Å²) in [5, 5.41) is 3.11. The zero-order chi connectivity index (χ0) is 33.1. The van der Waals surface area contributed by atoms with E-state index in [0.29, 0.717) is 11.8 Å². The molecule has 3 saturated carbocycles. The zero-order valence-electron chi connectivity index (χ0n) is 29.7. The van der Waals surface area contributed by atoms with Gasteiger partial charge >= 0.3 is 5.97 Å². The van der Waals surface area contributed by atoms with E-state index >= 15 is 0 Å². The summed E-state index contributed by atoms with van der Waals surface area (Å²) < 4.78 is 4.98. The van der Waals surface area contributed by atoms with Gasteiger partial charge in [-0.2, -0.15) is 0 Å². The maximum absolute atomic E-state index is 14.3. The van der Waals surface area contributed by atoms with Crippen LogP contribution in [0.2, 0.25) is 0 Å². The van der Waals surface area contributed by atoms with E-state index in [1.165, 1.54) is 36.9 Å². The average Bonchev–Trinajstić information content (AvgIpc) is 2.99. The SMILES string of the molecule is COC(=O)[C@H](C)NC(=O)[C@]12CCC(C)(C)C[C@H]1C1=CC[C@@H]3[C@@]4(C)Cc5nc6ccccc6nc5C(C)(C)[C@@H]4CC[C@@]3(C)[C@]1(C)CC2. The monoisotopic (exact) mass is 625 g/mol. The summed E-state index contributed by atoms with van der Waals surface area (Å²) in [6, 6.07) is 7.70. The number of esters is 1. The lowest BCUT2D eigenvalue weighted by atomic mass is 9.33. The number of aromatic nitrogens is 2. The summed E-state index contributed by atoms with van der Waals surface area (Å²) in [5.74, 6) is 0.897. The third-order valence-corrected chi connectivity index (χ3v) is 14.9. The summed E-state index contributed by atoms with van der Waals surface area (Å²) in [5.41, 5.74) is 5.79. The molecular weight excluding hydrogens is 570 g/mol. The molecule has 1 amide bonds. The first-order valence-corrected chi connectivity index (χ1v) is 17.9. The molecule has 1 aromatic heterocycles. The number of para-hydroxylation sites is 2. The molecule has 0 saturated heterocycles. The smallest absolute Gasteiger partial charge is 0.328 e.